The lowest BCUT2D eigenvalue weighted by Crippen LogP contribution is -2.54. The first-order valence-electron chi connectivity index (χ1n) is 7.38. The molecule has 1 aliphatic rings. The van der Waals surface area contributed by atoms with Crippen LogP contribution in [0.1, 0.15) is 55.1 Å². The van der Waals surface area contributed by atoms with Crippen LogP contribution in [0.15, 0.2) is 18.3 Å². The normalized spacial score (nSPS) is 18.5. The quantitative estimate of drug-likeness (QED) is 0.887. The minimum Gasteiger partial charge on any atom is -0.394 e. The standard InChI is InChI=1S/C16H21N3O2/c1-16(11-20,13-5-3-2-4-6-13)19-15(21)14-8-7-12(9-17)10-18-14/h7-8,10,13,20H,2-6,11H2,1H3,(H,19,21)/t16-/m0/s1. The number of hydrogen-bond acceptors (Lipinski definition) is 4. The van der Waals surface area contributed by atoms with Gasteiger partial charge in [0.1, 0.15) is 11.8 Å². The summed E-state index contributed by atoms with van der Waals surface area (Å²) in [7, 11) is 0. The minimum atomic E-state index is -0.618. The first-order valence-corrected chi connectivity index (χ1v) is 7.38. The highest BCUT2D eigenvalue weighted by atomic mass is 16.3. The smallest absolute Gasteiger partial charge is 0.270 e. The summed E-state index contributed by atoms with van der Waals surface area (Å²) in [6.45, 7) is 1.81. The number of nitrogens with one attached hydrogen (secondary N) is 1. The molecule has 5 nitrogen and oxygen atoms in total. The van der Waals surface area contributed by atoms with Gasteiger partial charge in [-0.2, -0.15) is 5.26 Å². The largest absolute Gasteiger partial charge is 0.394 e. The maximum atomic E-state index is 12.3. The average molecular weight is 287 g/mol. The molecule has 1 aliphatic carbocycles. The molecule has 0 bridgehead atoms. The predicted molar refractivity (Wildman–Crippen MR) is 78.5 cm³/mol. The Morgan fingerprint density at radius 3 is 2.71 bits per heavy atom. The molecule has 1 aromatic rings. The van der Waals surface area contributed by atoms with Crippen LogP contribution >= 0.6 is 0 Å². The highest BCUT2D eigenvalue weighted by Crippen LogP contribution is 2.32. The molecule has 1 fully saturated rings. The zero-order chi connectivity index (χ0) is 15.3. The van der Waals surface area contributed by atoms with E-state index in [1.165, 1.54) is 18.7 Å². The Morgan fingerprint density at radius 1 is 1.48 bits per heavy atom. The molecule has 1 heterocycles. The van der Waals surface area contributed by atoms with Crippen molar-refractivity contribution >= 4 is 5.91 Å². The molecule has 0 saturated heterocycles. The van der Waals surface area contributed by atoms with Gasteiger partial charge in [-0.1, -0.05) is 19.3 Å². The zero-order valence-electron chi connectivity index (χ0n) is 12.3. The molecular formula is C16H21N3O2. The van der Waals surface area contributed by atoms with Crippen LogP contribution in [-0.4, -0.2) is 28.1 Å². The Morgan fingerprint density at radius 2 is 2.19 bits per heavy atom. The van der Waals surface area contributed by atoms with Crippen molar-refractivity contribution in [2.45, 2.75) is 44.6 Å². The van der Waals surface area contributed by atoms with Crippen molar-refractivity contribution < 1.29 is 9.90 Å². The number of amides is 1. The van der Waals surface area contributed by atoms with Crippen molar-refractivity contribution in [3.63, 3.8) is 0 Å². The number of rotatable bonds is 4. The number of hydrogen-bond donors (Lipinski definition) is 2. The Labute approximate surface area is 125 Å². The molecular weight excluding hydrogens is 266 g/mol. The lowest BCUT2D eigenvalue weighted by atomic mass is 9.76. The molecule has 21 heavy (non-hydrogen) atoms. The van der Waals surface area contributed by atoms with Gasteiger partial charge in [-0.15, -0.1) is 0 Å². The Hall–Kier alpha value is -1.93. The van der Waals surface area contributed by atoms with Crippen molar-refractivity contribution in [2.24, 2.45) is 5.92 Å². The number of aliphatic hydroxyl groups excluding tert-OH is 1. The molecule has 1 aromatic heterocycles. The Kier molecular flexibility index (Phi) is 4.92. The van der Waals surface area contributed by atoms with Crippen LogP contribution in [-0.2, 0) is 0 Å². The van der Waals surface area contributed by atoms with E-state index in [0.717, 1.165) is 25.7 Å². The molecule has 112 valence electrons. The fourth-order valence-electron chi connectivity index (χ4n) is 2.93. The van der Waals surface area contributed by atoms with Crippen LogP contribution in [0.4, 0.5) is 0 Å². The van der Waals surface area contributed by atoms with Crippen molar-refractivity contribution in [2.75, 3.05) is 6.61 Å². The summed E-state index contributed by atoms with van der Waals surface area (Å²) >= 11 is 0. The Balaban J connectivity index is 2.09. The SMILES string of the molecule is C[C@@](CO)(NC(=O)c1ccc(C#N)cn1)C1CCCCC1. The molecule has 2 N–H and O–H groups in total. The average Bonchev–Trinajstić information content (AvgIpc) is 2.55. The van der Waals surface area contributed by atoms with Gasteiger partial charge in [0, 0.05) is 6.20 Å². The predicted octanol–water partition coefficient (Wildman–Crippen LogP) is 2.01. The number of aliphatic hydroxyl groups is 1. The fraction of sp³-hybridized carbons (Fsp3) is 0.562. The van der Waals surface area contributed by atoms with Gasteiger partial charge < -0.3 is 10.4 Å². The zero-order valence-corrected chi connectivity index (χ0v) is 12.3. The third kappa shape index (κ3) is 3.59. The molecule has 0 aliphatic heterocycles. The number of nitriles is 1. The lowest BCUT2D eigenvalue weighted by molar-refractivity contribution is 0.0675. The molecule has 0 spiro atoms. The van der Waals surface area contributed by atoms with E-state index in [-0.39, 0.29) is 18.2 Å². The summed E-state index contributed by atoms with van der Waals surface area (Å²) in [6, 6.07) is 5.07. The van der Waals surface area contributed by atoms with Gasteiger partial charge in [-0.25, -0.2) is 4.98 Å². The summed E-state index contributed by atoms with van der Waals surface area (Å²) in [4.78, 5) is 16.3. The second kappa shape index (κ2) is 6.68. The van der Waals surface area contributed by atoms with Crippen LogP contribution in [0.25, 0.3) is 0 Å². The maximum Gasteiger partial charge on any atom is 0.270 e. The van der Waals surface area contributed by atoms with Crippen LogP contribution in [0.2, 0.25) is 0 Å². The first-order chi connectivity index (χ1) is 10.1. The van der Waals surface area contributed by atoms with E-state index in [0.29, 0.717) is 11.5 Å². The highest BCUT2D eigenvalue weighted by Gasteiger charge is 2.36. The van der Waals surface area contributed by atoms with E-state index in [9.17, 15) is 9.90 Å². The molecule has 0 unspecified atom stereocenters. The molecule has 0 radical (unpaired) electrons. The van der Waals surface area contributed by atoms with Crippen LogP contribution in [0.3, 0.4) is 0 Å². The van der Waals surface area contributed by atoms with E-state index < -0.39 is 5.54 Å². The monoisotopic (exact) mass is 287 g/mol. The van der Waals surface area contributed by atoms with Crippen molar-refractivity contribution in [1.29, 1.82) is 5.26 Å². The second-order valence-electron chi connectivity index (χ2n) is 5.91. The van der Waals surface area contributed by atoms with Crippen LogP contribution < -0.4 is 5.32 Å². The number of pyridine rings is 1. The third-order valence-electron chi connectivity index (χ3n) is 4.36. The summed E-state index contributed by atoms with van der Waals surface area (Å²) in [5.74, 6) is -0.0137. The number of nitrogens with zero attached hydrogens (tertiary/aromatic N) is 2. The topological polar surface area (TPSA) is 86.0 Å². The summed E-state index contributed by atoms with van der Waals surface area (Å²) < 4.78 is 0. The van der Waals surface area contributed by atoms with Crippen molar-refractivity contribution in [3.8, 4) is 6.07 Å². The van der Waals surface area contributed by atoms with Gasteiger partial charge in [-0.05, 0) is 37.8 Å². The second-order valence-corrected chi connectivity index (χ2v) is 5.91. The summed E-state index contributed by atoms with van der Waals surface area (Å²) in [5.41, 5.74) is 0.0702. The fourth-order valence-corrected chi connectivity index (χ4v) is 2.93. The minimum absolute atomic E-state index is 0.0836. The van der Waals surface area contributed by atoms with Gasteiger partial charge in [0.2, 0.25) is 0 Å². The van der Waals surface area contributed by atoms with Gasteiger partial charge in [0.25, 0.3) is 5.91 Å². The summed E-state index contributed by atoms with van der Waals surface area (Å²) in [6.07, 6.45) is 6.95. The number of aromatic nitrogens is 1. The lowest BCUT2D eigenvalue weighted by Gasteiger charge is -2.39. The molecule has 1 amide bonds. The molecule has 5 heteroatoms. The maximum absolute atomic E-state index is 12.3. The van der Waals surface area contributed by atoms with Crippen molar-refractivity contribution in [1.82, 2.24) is 10.3 Å². The van der Waals surface area contributed by atoms with Gasteiger partial charge in [0.15, 0.2) is 0 Å². The van der Waals surface area contributed by atoms with E-state index in [2.05, 4.69) is 10.3 Å². The van der Waals surface area contributed by atoms with E-state index in [1.54, 1.807) is 6.07 Å². The van der Waals surface area contributed by atoms with Gasteiger partial charge in [0.05, 0.1) is 17.7 Å². The Bertz CT molecular complexity index is 529. The molecule has 1 atom stereocenters. The first kappa shape index (κ1) is 15.5. The van der Waals surface area contributed by atoms with E-state index in [1.807, 2.05) is 13.0 Å². The van der Waals surface area contributed by atoms with Crippen LogP contribution in [0.5, 0.6) is 0 Å². The van der Waals surface area contributed by atoms with Gasteiger partial charge in [-0.3, -0.25) is 4.79 Å². The number of carbonyl (C=O) groups excluding carboxylic acids is 1. The van der Waals surface area contributed by atoms with Gasteiger partial charge >= 0.3 is 0 Å². The third-order valence-corrected chi connectivity index (χ3v) is 4.36. The molecule has 1 saturated carbocycles. The summed E-state index contributed by atoms with van der Waals surface area (Å²) in [5, 5.41) is 21.4. The molecule has 2 rings (SSSR count). The highest BCUT2D eigenvalue weighted by molar-refractivity contribution is 5.92. The number of carbonyl (C=O) groups is 1. The van der Waals surface area contributed by atoms with E-state index in [4.69, 9.17) is 5.26 Å². The molecule has 0 aromatic carbocycles. The van der Waals surface area contributed by atoms with E-state index >= 15 is 0 Å². The van der Waals surface area contributed by atoms with Crippen LogP contribution in [0, 0.1) is 17.2 Å². The van der Waals surface area contributed by atoms with Crippen molar-refractivity contribution in [3.05, 3.63) is 29.6 Å².